The third kappa shape index (κ3) is 5.54. The number of nitrogens with zero attached hydrogens (tertiary/aromatic N) is 6. The fourth-order valence-corrected chi connectivity index (χ4v) is 3.78. The number of unbranched alkanes of at least 4 members (excludes halogenated alkanes) is 1. The Bertz CT molecular complexity index is 1200. The lowest BCUT2D eigenvalue weighted by molar-refractivity contribution is 0.0392. The highest BCUT2D eigenvalue weighted by molar-refractivity contribution is 5.92. The van der Waals surface area contributed by atoms with Crippen molar-refractivity contribution in [1.29, 1.82) is 0 Å². The number of carbonyl (C=O) groups excluding carboxylic acids is 1. The maximum Gasteiger partial charge on any atom is 0.334 e. The van der Waals surface area contributed by atoms with E-state index in [0.29, 0.717) is 41.9 Å². The van der Waals surface area contributed by atoms with Gasteiger partial charge in [-0.25, -0.2) is 4.98 Å². The summed E-state index contributed by atoms with van der Waals surface area (Å²) in [6, 6.07) is 7.18. The van der Waals surface area contributed by atoms with Crippen LogP contribution in [0.2, 0.25) is 0 Å². The van der Waals surface area contributed by atoms with Crippen molar-refractivity contribution >= 4 is 17.1 Å². The monoisotopic (exact) mass is 469 g/mol. The van der Waals surface area contributed by atoms with Crippen molar-refractivity contribution in [1.82, 2.24) is 24.2 Å². The SMILES string of the molecule is CCCCOc1nc2c(ncn2Cc2cccc(C(N)=O)c2)c(=NCCN2CCOCC2)n1O. The molecule has 1 saturated heterocycles. The number of hydrogen-bond acceptors (Lipinski definition) is 8. The highest BCUT2D eigenvalue weighted by Crippen LogP contribution is 2.15. The van der Waals surface area contributed by atoms with E-state index in [2.05, 4.69) is 26.8 Å². The molecule has 0 unspecified atom stereocenters. The Kier molecular flexibility index (Phi) is 7.76. The molecule has 4 rings (SSSR count). The second kappa shape index (κ2) is 11.1. The van der Waals surface area contributed by atoms with Gasteiger partial charge in [-0.2, -0.15) is 4.98 Å². The summed E-state index contributed by atoms with van der Waals surface area (Å²) in [5.41, 5.74) is 8.03. The third-order valence-corrected chi connectivity index (χ3v) is 5.68. The van der Waals surface area contributed by atoms with Crippen molar-refractivity contribution in [2.24, 2.45) is 10.7 Å². The number of nitrogens with two attached hydrogens (primary N) is 1. The van der Waals surface area contributed by atoms with Gasteiger partial charge in [0.2, 0.25) is 5.91 Å². The molecule has 1 aromatic carbocycles. The average molecular weight is 470 g/mol. The lowest BCUT2D eigenvalue weighted by Gasteiger charge is -2.25. The first kappa shape index (κ1) is 23.7. The molecule has 0 spiro atoms. The summed E-state index contributed by atoms with van der Waals surface area (Å²) in [6.45, 7) is 7.32. The molecule has 3 heterocycles. The zero-order chi connectivity index (χ0) is 23.9. The molecule has 0 aliphatic carbocycles. The van der Waals surface area contributed by atoms with Crippen LogP contribution in [0.1, 0.15) is 35.7 Å². The number of rotatable bonds is 10. The van der Waals surface area contributed by atoms with Gasteiger partial charge in [-0.05, 0) is 24.1 Å². The fourth-order valence-electron chi connectivity index (χ4n) is 3.78. The molecule has 3 aromatic rings. The number of imidazole rings is 1. The summed E-state index contributed by atoms with van der Waals surface area (Å²) in [6.07, 6.45) is 3.44. The van der Waals surface area contributed by atoms with Crippen LogP contribution in [0.4, 0.5) is 0 Å². The summed E-state index contributed by atoms with van der Waals surface area (Å²) in [7, 11) is 0. The largest absolute Gasteiger partial charge is 0.463 e. The van der Waals surface area contributed by atoms with Gasteiger partial charge in [0.05, 0.1) is 39.2 Å². The molecule has 2 aromatic heterocycles. The smallest absolute Gasteiger partial charge is 0.334 e. The van der Waals surface area contributed by atoms with E-state index in [1.54, 1.807) is 24.5 Å². The Morgan fingerprint density at radius 3 is 2.91 bits per heavy atom. The molecule has 11 heteroatoms. The minimum Gasteiger partial charge on any atom is -0.463 e. The minimum atomic E-state index is -0.482. The number of carbonyl (C=O) groups is 1. The normalized spacial score (nSPS) is 15.1. The quantitative estimate of drug-likeness (QED) is 0.335. The molecule has 1 fully saturated rings. The maximum absolute atomic E-state index is 11.6. The predicted molar refractivity (Wildman–Crippen MR) is 125 cm³/mol. The molecule has 0 saturated carbocycles. The van der Waals surface area contributed by atoms with E-state index < -0.39 is 5.91 Å². The molecule has 1 aliphatic rings. The van der Waals surface area contributed by atoms with E-state index >= 15 is 0 Å². The standard InChI is InChI=1S/C23H31N7O4/c1-2-3-11-34-23-27-22-19(21(30(23)32)25-7-8-28-9-12-33-13-10-28)26-16-29(22)15-17-5-4-6-18(14-17)20(24)31/h4-6,14,16,32H,2-3,7-13,15H2,1H3,(H2,24,31). The minimum absolute atomic E-state index is 0.0682. The number of amides is 1. The van der Waals surface area contributed by atoms with Crippen LogP contribution in [0.15, 0.2) is 35.6 Å². The summed E-state index contributed by atoms with van der Waals surface area (Å²) < 4.78 is 13.9. The molecular weight excluding hydrogens is 438 g/mol. The van der Waals surface area contributed by atoms with Crippen LogP contribution in [0.3, 0.4) is 0 Å². The van der Waals surface area contributed by atoms with Crippen LogP contribution in [0.5, 0.6) is 6.01 Å². The average Bonchev–Trinajstić information content (AvgIpc) is 3.24. The van der Waals surface area contributed by atoms with Crippen molar-refractivity contribution < 1.29 is 19.5 Å². The summed E-state index contributed by atoms with van der Waals surface area (Å²) in [4.78, 5) is 27.5. The molecule has 11 nitrogen and oxygen atoms in total. The Hall–Kier alpha value is -3.44. The first-order valence-electron chi connectivity index (χ1n) is 11.6. The number of benzene rings is 1. The Labute approximate surface area is 197 Å². The van der Waals surface area contributed by atoms with Gasteiger partial charge in [-0.3, -0.25) is 14.7 Å². The highest BCUT2D eigenvalue weighted by Gasteiger charge is 2.16. The predicted octanol–water partition coefficient (Wildman–Crippen LogP) is 1.03. The van der Waals surface area contributed by atoms with Crippen LogP contribution in [0, 0.1) is 0 Å². The van der Waals surface area contributed by atoms with Crippen LogP contribution in [-0.2, 0) is 11.3 Å². The van der Waals surface area contributed by atoms with Gasteiger partial charge in [0.1, 0.15) is 0 Å². The van der Waals surface area contributed by atoms with Crippen molar-refractivity contribution in [3.63, 3.8) is 0 Å². The fraction of sp³-hybridized carbons (Fsp3) is 0.478. The van der Waals surface area contributed by atoms with Crippen molar-refractivity contribution in [2.75, 3.05) is 46.0 Å². The Balaban J connectivity index is 1.67. The van der Waals surface area contributed by atoms with Gasteiger partial charge in [-0.1, -0.05) is 25.5 Å². The molecular formula is C23H31N7O4. The van der Waals surface area contributed by atoms with Gasteiger partial charge >= 0.3 is 6.01 Å². The number of ether oxygens (including phenoxy) is 2. The zero-order valence-corrected chi connectivity index (χ0v) is 19.4. The van der Waals surface area contributed by atoms with Gasteiger partial charge in [-0.15, -0.1) is 4.73 Å². The molecule has 0 bridgehead atoms. The van der Waals surface area contributed by atoms with Gasteiger partial charge in [0.25, 0.3) is 0 Å². The third-order valence-electron chi connectivity index (χ3n) is 5.68. The molecule has 1 amide bonds. The zero-order valence-electron chi connectivity index (χ0n) is 19.4. The molecule has 0 atom stereocenters. The Morgan fingerprint density at radius 2 is 2.15 bits per heavy atom. The van der Waals surface area contributed by atoms with Gasteiger partial charge in [0.15, 0.2) is 16.7 Å². The van der Waals surface area contributed by atoms with Gasteiger partial charge in [0, 0.05) is 25.2 Å². The van der Waals surface area contributed by atoms with Crippen molar-refractivity contribution in [3.05, 3.63) is 47.2 Å². The highest BCUT2D eigenvalue weighted by atomic mass is 16.6. The van der Waals surface area contributed by atoms with E-state index in [1.165, 1.54) is 0 Å². The second-order valence-corrected chi connectivity index (χ2v) is 8.18. The van der Waals surface area contributed by atoms with Crippen molar-refractivity contribution in [2.45, 2.75) is 26.3 Å². The van der Waals surface area contributed by atoms with E-state index in [-0.39, 0.29) is 6.01 Å². The number of morpholine rings is 1. The Morgan fingerprint density at radius 1 is 1.32 bits per heavy atom. The van der Waals surface area contributed by atoms with Crippen LogP contribution < -0.4 is 16.0 Å². The lowest BCUT2D eigenvalue weighted by Crippen LogP contribution is -2.38. The van der Waals surface area contributed by atoms with Crippen LogP contribution >= 0.6 is 0 Å². The second-order valence-electron chi connectivity index (χ2n) is 8.18. The van der Waals surface area contributed by atoms with Crippen LogP contribution in [-0.4, -0.2) is 81.3 Å². The summed E-state index contributed by atoms with van der Waals surface area (Å²) in [5.74, 6) is -0.482. The first-order valence-corrected chi connectivity index (χ1v) is 11.6. The lowest BCUT2D eigenvalue weighted by atomic mass is 10.1. The van der Waals surface area contributed by atoms with Crippen molar-refractivity contribution in [3.8, 4) is 6.01 Å². The molecule has 34 heavy (non-hydrogen) atoms. The summed E-state index contributed by atoms with van der Waals surface area (Å²) >= 11 is 0. The molecule has 182 valence electrons. The van der Waals surface area contributed by atoms with E-state index in [9.17, 15) is 10.0 Å². The van der Waals surface area contributed by atoms with E-state index in [1.807, 2.05) is 10.6 Å². The topological polar surface area (TPSA) is 133 Å². The number of fused-ring (bicyclic) bond motifs is 1. The number of primary amides is 1. The number of aromatic nitrogens is 4. The molecule has 3 N–H and O–H groups in total. The molecule has 1 aliphatic heterocycles. The van der Waals surface area contributed by atoms with E-state index in [0.717, 1.165) is 56.0 Å². The van der Waals surface area contributed by atoms with E-state index in [4.69, 9.17) is 15.2 Å². The van der Waals surface area contributed by atoms with Gasteiger partial charge < -0.3 is 25.0 Å². The maximum atomic E-state index is 11.6. The summed E-state index contributed by atoms with van der Waals surface area (Å²) in [5, 5.41) is 10.8. The first-order chi connectivity index (χ1) is 16.6. The van der Waals surface area contributed by atoms with Crippen LogP contribution in [0.25, 0.3) is 11.2 Å². The molecule has 0 radical (unpaired) electrons. The number of hydrogen-bond donors (Lipinski definition) is 2.